The predicted molar refractivity (Wildman–Crippen MR) is 53.8 cm³/mol. The Hall–Kier alpha value is -1.40. The van der Waals surface area contributed by atoms with E-state index < -0.39 is 5.91 Å². The van der Waals surface area contributed by atoms with Gasteiger partial charge in [0.1, 0.15) is 5.76 Å². The minimum atomic E-state index is -0.397. The number of hydroxylamine groups is 1. The molecule has 1 aliphatic carbocycles. The Balaban J connectivity index is 1.78. The lowest BCUT2D eigenvalue weighted by molar-refractivity contribution is 0.00838. The second-order valence-corrected chi connectivity index (χ2v) is 3.66. The van der Waals surface area contributed by atoms with E-state index in [1.165, 1.54) is 0 Å². The first-order valence-electron chi connectivity index (χ1n) is 5.19. The average molecular weight is 226 g/mol. The zero-order valence-corrected chi connectivity index (χ0v) is 9.06. The Labute approximate surface area is 92.8 Å². The number of hydrogen-bond donors (Lipinski definition) is 1. The molecule has 1 aliphatic rings. The number of ether oxygens (including phenoxy) is 1. The molecule has 0 unspecified atom stereocenters. The molecule has 0 aromatic carbocycles. The molecule has 0 saturated heterocycles. The van der Waals surface area contributed by atoms with E-state index in [2.05, 4.69) is 10.6 Å². The van der Waals surface area contributed by atoms with Crippen LogP contribution in [0, 0.1) is 0 Å². The molecule has 0 aliphatic heterocycles. The van der Waals surface area contributed by atoms with E-state index in [0.29, 0.717) is 19.1 Å². The quantitative estimate of drug-likeness (QED) is 0.575. The third-order valence-electron chi connectivity index (χ3n) is 2.30. The Bertz CT molecular complexity index is 359. The maximum atomic E-state index is 11.5. The molecule has 1 aromatic heterocycles. The Morgan fingerprint density at radius 2 is 2.44 bits per heavy atom. The van der Waals surface area contributed by atoms with E-state index in [1.54, 1.807) is 13.2 Å². The maximum absolute atomic E-state index is 11.5. The number of nitrogens with one attached hydrogen (secondary N) is 1. The van der Waals surface area contributed by atoms with Crippen LogP contribution >= 0.6 is 0 Å². The van der Waals surface area contributed by atoms with Gasteiger partial charge in [-0.2, -0.15) is 0 Å². The lowest BCUT2D eigenvalue weighted by Crippen LogP contribution is -2.25. The van der Waals surface area contributed by atoms with Gasteiger partial charge in [0.2, 0.25) is 0 Å². The summed E-state index contributed by atoms with van der Waals surface area (Å²) in [5.41, 5.74) is 2.51. The molecule has 88 valence electrons. The van der Waals surface area contributed by atoms with Crippen molar-refractivity contribution in [2.75, 3.05) is 20.3 Å². The number of amides is 1. The van der Waals surface area contributed by atoms with Crippen LogP contribution < -0.4 is 5.48 Å². The van der Waals surface area contributed by atoms with Crippen molar-refractivity contribution in [3.8, 4) is 0 Å². The third-order valence-corrected chi connectivity index (χ3v) is 2.30. The van der Waals surface area contributed by atoms with Gasteiger partial charge in [-0.15, -0.1) is 0 Å². The van der Waals surface area contributed by atoms with Crippen LogP contribution in [0.15, 0.2) is 10.6 Å². The highest BCUT2D eigenvalue weighted by Gasteiger charge is 2.28. The maximum Gasteiger partial charge on any atom is 0.297 e. The summed E-state index contributed by atoms with van der Waals surface area (Å²) in [7, 11) is 1.56. The van der Waals surface area contributed by atoms with Gasteiger partial charge in [-0.3, -0.25) is 9.63 Å². The molecule has 1 saturated carbocycles. The van der Waals surface area contributed by atoms with Crippen LogP contribution in [0.1, 0.15) is 35.0 Å². The van der Waals surface area contributed by atoms with E-state index in [1.807, 2.05) is 0 Å². The highest BCUT2D eigenvalue weighted by Crippen LogP contribution is 2.40. The zero-order chi connectivity index (χ0) is 11.4. The summed E-state index contributed by atoms with van der Waals surface area (Å²) in [6.45, 7) is 0.724. The summed E-state index contributed by atoms with van der Waals surface area (Å²) >= 11 is 0. The lowest BCUT2D eigenvalue weighted by atomic mass is 10.3. The summed E-state index contributed by atoms with van der Waals surface area (Å²) in [6.07, 6.45) is 2.22. The van der Waals surface area contributed by atoms with E-state index >= 15 is 0 Å². The topological polar surface area (TPSA) is 73.6 Å². The molecule has 1 amide bonds. The molecule has 0 radical (unpaired) electrons. The normalized spacial score (nSPS) is 15.1. The fraction of sp³-hybridized carbons (Fsp3) is 0.600. The second kappa shape index (κ2) is 5.09. The zero-order valence-electron chi connectivity index (χ0n) is 9.06. The Morgan fingerprint density at radius 1 is 1.62 bits per heavy atom. The van der Waals surface area contributed by atoms with Gasteiger partial charge in [0.15, 0.2) is 5.69 Å². The Morgan fingerprint density at radius 3 is 3.12 bits per heavy atom. The van der Waals surface area contributed by atoms with Crippen molar-refractivity contribution >= 4 is 5.91 Å². The molecule has 0 bridgehead atoms. The van der Waals surface area contributed by atoms with Crippen LogP contribution in [0.3, 0.4) is 0 Å². The minimum Gasteiger partial charge on any atom is -0.382 e. The van der Waals surface area contributed by atoms with Crippen LogP contribution in [0.25, 0.3) is 0 Å². The van der Waals surface area contributed by atoms with Gasteiger partial charge < -0.3 is 9.26 Å². The molecule has 2 rings (SSSR count). The molecule has 0 spiro atoms. The first-order valence-corrected chi connectivity index (χ1v) is 5.19. The highest BCUT2D eigenvalue weighted by atomic mass is 16.7. The molecule has 6 heteroatoms. The number of carbonyl (C=O) groups excluding carboxylic acids is 1. The van der Waals surface area contributed by atoms with Crippen molar-refractivity contribution in [1.82, 2.24) is 10.6 Å². The largest absolute Gasteiger partial charge is 0.382 e. The SMILES string of the molecule is COCCONC(=O)c1cc(C2CC2)on1. The molecule has 1 aromatic rings. The molecular formula is C10H14N2O4. The molecule has 1 fully saturated rings. The number of hydrogen-bond acceptors (Lipinski definition) is 5. The highest BCUT2D eigenvalue weighted by molar-refractivity contribution is 5.91. The summed E-state index contributed by atoms with van der Waals surface area (Å²) in [5, 5.41) is 3.68. The molecule has 6 nitrogen and oxygen atoms in total. The predicted octanol–water partition coefficient (Wildman–Crippen LogP) is 0.860. The number of rotatable bonds is 6. The van der Waals surface area contributed by atoms with Crippen LogP contribution in [-0.4, -0.2) is 31.4 Å². The van der Waals surface area contributed by atoms with Gasteiger partial charge in [-0.1, -0.05) is 5.16 Å². The van der Waals surface area contributed by atoms with E-state index in [9.17, 15) is 4.79 Å². The Kier molecular flexibility index (Phi) is 3.53. The fourth-order valence-corrected chi connectivity index (χ4v) is 1.25. The van der Waals surface area contributed by atoms with E-state index in [-0.39, 0.29) is 5.69 Å². The molecule has 0 atom stereocenters. The van der Waals surface area contributed by atoms with Crippen molar-refractivity contribution < 1.29 is 18.9 Å². The average Bonchev–Trinajstić information content (AvgIpc) is 3.02. The van der Waals surface area contributed by atoms with Crippen molar-refractivity contribution in [1.29, 1.82) is 0 Å². The fourth-order valence-electron chi connectivity index (χ4n) is 1.25. The molecule has 1 N–H and O–H groups in total. The standard InChI is InChI=1S/C10H14N2O4/c1-14-4-5-15-12-10(13)8-6-9(16-11-8)7-2-3-7/h6-7H,2-5H2,1H3,(H,12,13). The van der Waals surface area contributed by atoms with E-state index in [0.717, 1.165) is 18.6 Å². The lowest BCUT2D eigenvalue weighted by Gasteiger charge is -2.02. The van der Waals surface area contributed by atoms with Gasteiger partial charge in [0, 0.05) is 19.1 Å². The van der Waals surface area contributed by atoms with Crippen LogP contribution in [0.2, 0.25) is 0 Å². The first kappa shape index (κ1) is 11.1. The number of aromatic nitrogens is 1. The smallest absolute Gasteiger partial charge is 0.297 e. The third kappa shape index (κ3) is 2.80. The summed E-state index contributed by atoms with van der Waals surface area (Å²) in [4.78, 5) is 16.3. The van der Waals surface area contributed by atoms with Gasteiger partial charge in [0.25, 0.3) is 5.91 Å². The van der Waals surface area contributed by atoms with Gasteiger partial charge in [0.05, 0.1) is 13.2 Å². The van der Waals surface area contributed by atoms with Crippen molar-refractivity contribution in [2.45, 2.75) is 18.8 Å². The molecule has 16 heavy (non-hydrogen) atoms. The van der Waals surface area contributed by atoms with E-state index in [4.69, 9.17) is 14.1 Å². The van der Waals surface area contributed by atoms with Gasteiger partial charge >= 0.3 is 0 Å². The van der Waals surface area contributed by atoms with Crippen LogP contribution in [0.5, 0.6) is 0 Å². The van der Waals surface area contributed by atoms with Crippen molar-refractivity contribution in [2.24, 2.45) is 0 Å². The van der Waals surface area contributed by atoms with Gasteiger partial charge in [-0.05, 0) is 12.8 Å². The molecular weight excluding hydrogens is 212 g/mol. The van der Waals surface area contributed by atoms with Crippen molar-refractivity contribution in [3.63, 3.8) is 0 Å². The monoisotopic (exact) mass is 226 g/mol. The first-order chi connectivity index (χ1) is 7.81. The second-order valence-electron chi connectivity index (χ2n) is 3.66. The van der Waals surface area contributed by atoms with Crippen molar-refractivity contribution in [3.05, 3.63) is 17.5 Å². The summed E-state index contributed by atoms with van der Waals surface area (Å²) in [6, 6.07) is 1.66. The summed E-state index contributed by atoms with van der Waals surface area (Å²) < 4.78 is 9.81. The van der Waals surface area contributed by atoms with Crippen LogP contribution in [-0.2, 0) is 9.57 Å². The van der Waals surface area contributed by atoms with Gasteiger partial charge in [-0.25, -0.2) is 5.48 Å². The number of nitrogens with zero attached hydrogens (tertiary/aromatic N) is 1. The van der Waals surface area contributed by atoms with Crippen LogP contribution in [0.4, 0.5) is 0 Å². The summed E-state index contributed by atoms with van der Waals surface area (Å²) in [5.74, 6) is 0.831. The number of methoxy groups -OCH3 is 1. The molecule has 1 heterocycles. The number of carbonyl (C=O) groups is 1. The minimum absolute atomic E-state index is 0.249.